The number of hydrogen-bond acceptors (Lipinski definition) is 6. The second-order valence-corrected chi connectivity index (χ2v) is 7.27. The van der Waals surface area contributed by atoms with Gasteiger partial charge in [0.2, 0.25) is 11.5 Å². The fourth-order valence-electron chi connectivity index (χ4n) is 3.32. The molecule has 32 heavy (non-hydrogen) atoms. The molecular weight excluding hydrogens is 408 g/mol. The molecule has 3 aromatic carbocycles. The van der Waals surface area contributed by atoms with Crippen molar-refractivity contribution < 1.29 is 28.5 Å². The van der Waals surface area contributed by atoms with Crippen LogP contribution in [0.3, 0.4) is 0 Å². The highest BCUT2D eigenvalue weighted by Gasteiger charge is 2.28. The lowest BCUT2D eigenvalue weighted by Crippen LogP contribution is -2.20. The molecule has 166 valence electrons. The van der Waals surface area contributed by atoms with Crippen LogP contribution in [-0.4, -0.2) is 33.1 Å². The monoisotopic (exact) mass is 434 g/mol. The zero-order chi connectivity index (χ0) is 23.3. The minimum atomic E-state index is -1.11. The van der Waals surface area contributed by atoms with Gasteiger partial charge in [0.05, 0.1) is 26.9 Å². The van der Waals surface area contributed by atoms with Crippen molar-refractivity contribution in [1.82, 2.24) is 0 Å². The first-order valence-electron chi connectivity index (χ1n) is 10.1. The van der Waals surface area contributed by atoms with Gasteiger partial charge < -0.3 is 18.9 Å². The third-order valence-electron chi connectivity index (χ3n) is 5.26. The largest absolute Gasteiger partial charge is 0.493 e. The van der Waals surface area contributed by atoms with Crippen LogP contribution in [0.4, 0.5) is 0 Å². The Bertz CT molecular complexity index is 1100. The van der Waals surface area contributed by atoms with Crippen LogP contribution in [0.15, 0.2) is 60.7 Å². The molecule has 0 spiro atoms. The maximum Gasteiger partial charge on any atom is 0.339 e. The molecule has 1 atom stereocenters. The van der Waals surface area contributed by atoms with Crippen LogP contribution in [0.5, 0.6) is 17.2 Å². The van der Waals surface area contributed by atoms with E-state index in [-0.39, 0.29) is 11.3 Å². The molecule has 0 amide bonds. The Labute approximate surface area is 187 Å². The minimum absolute atomic E-state index is 0.174. The summed E-state index contributed by atoms with van der Waals surface area (Å²) in [6, 6.07) is 17.4. The fraction of sp³-hybridized carbons (Fsp3) is 0.231. The average Bonchev–Trinajstić information content (AvgIpc) is 2.83. The summed E-state index contributed by atoms with van der Waals surface area (Å²) in [4.78, 5) is 26.5. The van der Waals surface area contributed by atoms with Gasteiger partial charge >= 0.3 is 5.97 Å². The topological polar surface area (TPSA) is 71.1 Å². The molecule has 0 fully saturated rings. The van der Waals surface area contributed by atoms with Crippen molar-refractivity contribution in [1.29, 1.82) is 0 Å². The Morgan fingerprint density at radius 3 is 1.88 bits per heavy atom. The molecule has 3 rings (SSSR count). The summed E-state index contributed by atoms with van der Waals surface area (Å²) >= 11 is 0. The van der Waals surface area contributed by atoms with Gasteiger partial charge in [0.15, 0.2) is 17.6 Å². The molecule has 6 nitrogen and oxygen atoms in total. The van der Waals surface area contributed by atoms with Gasteiger partial charge in [-0.15, -0.1) is 0 Å². The Balaban J connectivity index is 1.99. The molecule has 0 aliphatic rings. The zero-order valence-electron chi connectivity index (χ0n) is 18.8. The van der Waals surface area contributed by atoms with Crippen molar-refractivity contribution in [3.05, 3.63) is 88.5 Å². The number of ether oxygens (including phenoxy) is 4. The van der Waals surface area contributed by atoms with E-state index in [1.54, 1.807) is 36.4 Å². The van der Waals surface area contributed by atoms with Gasteiger partial charge in [-0.2, -0.15) is 0 Å². The van der Waals surface area contributed by atoms with Crippen LogP contribution < -0.4 is 14.2 Å². The molecule has 0 aliphatic carbocycles. The molecule has 0 N–H and O–H groups in total. The van der Waals surface area contributed by atoms with Gasteiger partial charge in [-0.25, -0.2) is 4.79 Å². The molecule has 0 unspecified atom stereocenters. The van der Waals surface area contributed by atoms with Crippen molar-refractivity contribution in [2.45, 2.75) is 20.0 Å². The van der Waals surface area contributed by atoms with Crippen LogP contribution >= 0.6 is 0 Å². The molecule has 0 heterocycles. The van der Waals surface area contributed by atoms with Gasteiger partial charge in [-0.05, 0) is 43.2 Å². The third kappa shape index (κ3) is 4.75. The number of benzene rings is 3. The standard InChI is InChI=1S/C26H26O6/c1-16-11-12-19(13-17(16)2)23(27)24(18-9-7-6-8-10-18)32-26(28)20-14-21(29-3)25(31-5)22(15-20)30-4/h6-15,24H,1-5H3/t24-/m0/s1. The first kappa shape index (κ1) is 22.9. The van der Waals surface area contributed by atoms with E-state index in [1.165, 1.54) is 33.5 Å². The summed E-state index contributed by atoms with van der Waals surface area (Å²) in [5.41, 5.74) is 3.29. The highest BCUT2D eigenvalue weighted by Crippen LogP contribution is 2.38. The van der Waals surface area contributed by atoms with E-state index in [1.807, 2.05) is 26.0 Å². The van der Waals surface area contributed by atoms with Gasteiger partial charge in [0.25, 0.3) is 0 Å². The highest BCUT2D eigenvalue weighted by atomic mass is 16.5. The number of ketones is 1. The summed E-state index contributed by atoms with van der Waals surface area (Å²) in [5.74, 6) is -0.00107. The summed E-state index contributed by atoms with van der Waals surface area (Å²) in [6.45, 7) is 3.91. The van der Waals surface area contributed by atoms with Gasteiger partial charge in [0.1, 0.15) is 0 Å². The predicted molar refractivity (Wildman–Crippen MR) is 121 cm³/mol. The van der Waals surface area contributed by atoms with Crippen molar-refractivity contribution in [2.24, 2.45) is 0 Å². The minimum Gasteiger partial charge on any atom is -0.493 e. The zero-order valence-corrected chi connectivity index (χ0v) is 18.8. The Kier molecular flexibility index (Phi) is 7.15. The summed E-state index contributed by atoms with van der Waals surface area (Å²) in [5, 5.41) is 0. The van der Waals surface area contributed by atoms with E-state index in [2.05, 4.69) is 0 Å². The smallest absolute Gasteiger partial charge is 0.339 e. The van der Waals surface area contributed by atoms with Crippen molar-refractivity contribution in [3.63, 3.8) is 0 Å². The van der Waals surface area contributed by atoms with E-state index in [4.69, 9.17) is 18.9 Å². The Hall–Kier alpha value is -3.80. The summed E-state index contributed by atoms with van der Waals surface area (Å²) in [7, 11) is 4.40. The molecule has 0 saturated heterocycles. The first-order valence-corrected chi connectivity index (χ1v) is 10.1. The number of methoxy groups -OCH3 is 3. The lowest BCUT2D eigenvalue weighted by Gasteiger charge is -2.19. The van der Waals surface area contributed by atoms with Crippen molar-refractivity contribution in [2.75, 3.05) is 21.3 Å². The van der Waals surface area contributed by atoms with Crippen molar-refractivity contribution >= 4 is 11.8 Å². The number of esters is 1. The third-order valence-corrected chi connectivity index (χ3v) is 5.26. The number of Topliss-reactive ketones (excluding diaryl/α,β-unsaturated/α-hetero) is 1. The van der Waals surface area contributed by atoms with Gasteiger partial charge in [-0.1, -0.05) is 42.5 Å². The number of carbonyl (C=O) groups excluding carboxylic acids is 2. The van der Waals surface area contributed by atoms with E-state index < -0.39 is 12.1 Å². The number of aryl methyl sites for hydroxylation is 2. The van der Waals surface area contributed by atoms with Gasteiger partial charge in [-0.3, -0.25) is 4.79 Å². The van der Waals surface area contributed by atoms with Crippen molar-refractivity contribution in [3.8, 4) is 17.2 Å². The average molecular weight is 434 g/mol. The normalized spacial score (nSPS) is 11.4. The van der Waals surface area contributed by atoms with Crippen LogP contribution in [0, 0.1) is 13.8 Å². The number of rotatable bonds is 8. The number of carbonyl (C=O) groups is 2. The predicted octanol–water partition coefficient (Wildman–Crippen LogP) is 5.11. The van der Waals surface area contributed by atoms with Crippen LogP contribution in [0.25, 0.3) is 0 Å². The molecule has 0 bridgehead atoms. The van der Waals surface area contributed by atoms with Crippen LogP contribution in [0.2, 0.25) is 0 Å². The molecule has 0 radical (unpaired) electrons. The molecule has 0 aliphatic heterocycles. The maximum atomic E-state index is 13.4. The Morgan fingerprint density at radius 1 is 0.719 bits per heavy atom. The lowest BCUT2D eigenvalue weighted by atomic mass is 9.97. The second kappa shape index (κ2) is 10.0. The molecule has 0 saturated carbocycles. The first-order chi connectivity index (χ1) is 15.4. The van der Waals surface area contributed by atoms with E-state index in [0.29, 0.717) is 28.4 Å². The van der Waals surface area contributed by atoms with Crippen LogP contribution in [0.1, 0.15) is 43.5 Å². The van der Waals surface area contributed by atoms with E-state index >= 15 is 0 Å². The molecular formula is C26H26O6. The molecule has 6 heteroatoms. The second-order valence-electron chi connectivity index (χ2n) is 7.27. The Morgan fingerprint density at radius 2 is 1.34 bits per heavy atom. The van der Waals surface area contributed by atoms with Gasteiger partial charge in [0, 0.05) is 11.1 Å². The number of hydrogen-bond donors (Lipinski definition) is 0. The fourth-order valence-corrected chi connectivity index (χ4v) is 3.32. The highest BCUT2D eigenvalue weighted by molar-refractivity contribution is 6.02. The summed E-state index contributed by atoms with van der Waals surface area (Å²) < 4.78 is 21.7. The molecule has 0 aromatic heterocycles. The van der Waals surface area contributed by atoms with E-state index in [9.17, 15) is 9.59 Å². The lowest BCUT2D eigenvalue weighted by molar-refractivity contribution is 0.0279. The van der Waals surface area contributed by atoms with E-state index in [0.717, 1.165) is 11.1 Å². The van der Waals surface area contributed by atoms with Crippen LogP contribution in [-0.2, 0) is 4.74 Å². The summed E-state index contributed by atoms with van der Waals surface area (Å²) in [6.07, 6.45) is -1.11. The maximum absolute atomic E-state index is 13.4. The molecule has 3 aromatic rings. The SMILES string of the molecule is COc1cc(C(=O)O[C@H](C(=O)c2ccc(C)c(C)c2)c2ccccc2)cc(OC)c1OC. The quantitative estimate of drug-likeness (QED) is 0.362.